The SMILES string of the molecule is CCCCOC.O=Cc1ccc(Br)c(CBr)c1. The van der Waals surface area contributed by atoms with E-state index in [1.165, 1.54) is 12.8 Å². The van der Waals surface area contributed by atoms with Gasteiger partial charge in [-0.25, -0.2) is 0 Å². The third-order valence-corrected chi connectivity index (χ3v) is 3.43. The van der Waals surface area contributed by atoms with Crippen LogP contribution in [-0.2, 0) is 10.1 Å². The van der Waals surface area contributed by atoms with E-state index in [1.54, 1.807) is 13.2 Å². The molecule has 0 heterocycles. The molecule has 0 unspecified atom stereocenters. The Morgan fingerprint density at radius 3 is 2.53 bits per heavy atom. The van der Waals surface area contributed by atoms with E-state index in [-0.39, 0.29) is 0 Å². The molecular formula is C13H18Br2O2. The van der Waals surface area contributed by atoms with Gasteiger partial charge in [0.1, 0.15) is 6.29 Å². The number of halogens is 2. The molecular weight excluding hydrogens is 348 g/mol. The number of carbonyl (C=O) groups is 1. The van der Waals surface area contributed by atoms with Crippen molar-refractivity contribution in [2.24, 2.45) is 0 Å². The molecule has 0 radical (unpaired) electrons. The Morgan fingerprint density at radius 1 is 1.41 bits per heavy atom. The van der Waals surface area contributed by atoms with E-state index in [4.69, 9.17) is 4.74 Å². The minimum Gasteiger partial charge on any atom is -0.385 e. The normalized spacial score (nSPS) is 9.41. The summed E-state index contributed by atoms with van der Waals surface area (Å²) in [5.74, 6) is 0. The lowest BCUT2D eigenvalue weighted by Crippen LogP contribution is -1.84. The summed E-state index contributed by atoms with van der Waals surface area (Å²) < 4.78 is 5.81. The van der Waals surface area contributed by atoms with Crippen molar-refractivity contribution in [3.63, 3.8) is 0 Å². The summed E-state index contributed by atoms with van der Waals surface area (Å²) in [6.45, 7) is 3.07. The molecule has 1 aromatic carbocycles. The van der Waals surface area contributed by atoms with Crippen LogP contribution in [0.5, 0.6) is 0 Å². The molecule has 0 fully saturated rings. The lowest BCUT2D eigenvalue weighted by atomic mass is 10.2. The van der Waals surface area contributed by atoms with Gasteiger partial charge in [0, 0.05) is 29.1 Å². The van der Waals surface area contributed by atoms with Crippen LogP contribution in [0.15, 0.2) is 22.7 Å². The number of alkyl halides is 1. The highest BCUT2D eigenvalue weighted by Gasteiger charge is 1.98. The molecule has 0 saturated carbocycles. The molecule has 1 aromatic rings. The minimum atomic E-state index is 0.711. The number of ether oxygens (including phenoxy) is 1. The van der Waals surface area contributed by atoms with Gasteiger partial charge in [-0.2, -0.15) is 0 Å². The first-order valence-electron chi connectivity index (χ1n) is 5.48. The Hall–Kier alpha value is -0.190. The molecule has 0 amide bonds. The van der Waals surface area contributed by atoms with Crippen molar-refractivity contribution in [3.05, 3.63) is 33.8 Å². The fraction of sp³-hybridized carbons (Fsp3) is 0.462. The van der Waals surface area contributed by atoms with Crippen LogP contribution in [0.25, 0.3) is 0 Å². The predicted octanol–water partition coefficient (Wildman–Crippen LogP) is 4.59. The molecule has 0 aliphatic carbocycles. The predicted molar refractivity (Wildman–Crippen MR) is 78.9 cm³/mol. The number of aldehydes is 1. The third kappa shape index (κ3) is 7.68. The molecule has 0 spiro atoms. The Kier molecular flexibility index (Phi) is 10.8. The molecule has 96 valence electrons. The highest BCUT2D eigenvalue weighted by Crippen LogP contribution is 2.19. The lowest BCUT2D eigenvalue weighted by Gasteiger charge is -1.99. The van der Waals surface area contributed by atoms with E-state index < -0.39 is 0 Å². The monoisotopic (exact) mass is 364 g/mol. The fourth-order valence-electron chi connectivity index (χ4n) is 1.06. The van der Waals surface area contributed by atoms with Gasteiger partial charge < -0.3 is 4.74 Å². The van der Waals surface area contributed by atoms with E-state index in [2.05, 4.69) is 38.8 Å². The number of unbranched alkanes of at least 4 members (excludes halogenated alkanes) is 1. The van der Waals surface area contributed by atoms with Crippen LogP contribution in [0, 0.1) is 0 Å². The maximum Gasteiger partial charge on any atom is 0.150 e. The van der Waals surface area contributed by atoms with Gasteiger partial charge in [-0.15, -0.1) is 0 Å². The Balaban J connectivity index is 0.000000366. The average molecular weight is 366 g/mol. The lowest BCUT2D eigenvalue weighted by molar-refractivity contribution is 0.112. The van der Waals surface area contributed by atoms with Gasteiger partial charge in [0.15, 0.2) is 0 Å². The maximum absolute atomic E-state index is 10.4. The van der Waals surface area contributed by atoms with Crippen LogP contribution in [0.4, 0.5) is 0 Å². The summed E-state index contributed by atoms with van der Waals surface area (Å²) >= 11 is 6.70. The summed E-state index contributed by atoms with van der Waals surface area (Å²) in [5.41, 5.74) is 1.80. The third-order valence-electron chi connectivity index (χ3n) is 2.05. The smallest absolute Gasteiger partial charge is 0.150 e. The standard InChI is InChI=1S/C8H6Br2O.C5H12O/c9-4-7-3-6(5-11)1-2-8(7)10;1-3-4-5-6-2/h1-3,5H,4H2;3-5H2,1-2H3. The highest BCUT2D eigenvalue weighted by molar-refractivity contribution is 9.10. The van der Waals surface area contributed by atoms with Crippen molar-refractivity contribution < 1.29 is 9.53 Å². The van der Waals surface area contributed by atoms with Gasteiger partial charge in [0.2, 0.25) is 0 Å². The van der Waals surface area contributed by atoms with Gasteiger partial charge in [0.25, 0.3) is 0 Å². The first-order chi connectivity index (χ1) is 8.19. The first kappa shape index (κ1) is 16.8. The van der Waals surface area contributed by atoms with Crippen LogP contribution in [0.3, 0.4) is 0 Å². The van der Waals surface area contributed by atoms with Gasteiger partial charge >= 0.3 is 0 Å². The van der Waals surface area contributed by atoms with Crippen molar-refractivity contribution in [1.82, 2.24) is 0 Å². The molecule has 0 aliphatic rings. The second-order valence-corrected chi connectivity index (χ2v) is 4.86. The van der Waals surface area contributed by atoms with Crippen molar-refractivity contribution in [1.29, 1.82) is 0 Å². The molecule has 0 saturated heterocycles. The molecule has 4 heteroatoms. The second kappa shape index (κ2) is 10.9. The summed E-state index contributed by atoms with van der Waals surface area (Å²) in [6, 6.07) is 5.51. The zero-order valence-corrected chi connectivity index (χ0v) is 13.4. The number of carbonyl (C=O) groups excluding carboxylic acids is 1. The van der Waals surface area contributed by atoms with Crippen LogP contribution in [0.1, 0.15) is 35.7 Å². The Bertz CT molecular complexity index is 323. The van der Waals surface area contributed by atoms with Crippen molar-refractivity contribution >= 4 is 38.1 Å². The maximum atomic E-state index is 10.4. The highest BCUT2D eigenvalue weighted by atomic mass is 79.9. The van der Waals surface area contributed by atoms with Gasteiger partial charge in [-0.1, -0.05) is 51.3 Å². The van der Waals surface area contributed by atoms with E-state index in [0.717, 1.165) is 28.3 Å². The fourth-order valence-corrected chi connectivity index (χ4v) is 2.29. The van der Waals surface area contributed by atoms with Crippen LogP contribution >= 0.6 is 31.9 Å². The number of rotatable bonds is 5. The van der Waals surface area contributed by atoms with Crippen molar-refractivity contribution in [2.45, 2.75) is 25.1 Å². The van der Waals surface area contributed by atoms with E-state index >= 15 is 0 Å². The van der Waals surface area contributed by atoms with Gasteiger partial charge in [0.05, 0.1) is 0 Å². The molecule has 0 N–H and O–H groups in total. The van der Waals surface area contributed by atoms with Crippen molar-refractivity contribution in [3.8, 4) is 0 Å². The zero-order valence-electron chi connectivity index (χ0n) is 10.2. The Labute approximate surface area is 120 Å². The van der Waals surface area contributed by atoms with Gasteiger partial charge in [-0.05, 0) is 24.1 Å². The summed E-state index contributed by atoms with van der Waals surface area (Å²) in [6.07, 6.45) is 3.27. The van der Waals surface area contributed by atoms with Crippen LogP contribution in [0.2, 0.25) is 0 Å². The first-order valence-corrected chi connectivity index (χ1v) is 7.39. The van der Waals surface area contributed by atoms with E-state index in [0.29, 0.717) is 5.56 Å². The number of methoxy groups -OCH3 is 1. The minimum absolute atomic E-state index is 0.711. The van der Waals surface area contributed by atoms with Crippen molar-refractivity contribution in [2.75, 3.05) is 13.7 Å². The van der Waals surface area contributed by atoms with Gasteiger partial charge in [-0.3, -0.25) is 4.79 Å². The van der Waals surface area contributed by atoms with E-state index in [1.807, 2.05) is 12.1 Å². The summed E-state index contributed by atoms with van der Waals surface area (Å²) in [5, 5.41) is 0.759. The molecule has 0 aliphatic heterocycles. The number of benzene rings is 1. The second-order valence-electron chi connectivity index (χ2n) is 3.45. The average Bonchev–Trinajstić information content (AvgIpc) is 2.37. The van der Waals surface area contributed by atoms with Crippen LogP contribution in [-0.4, -0.2) is 20.0 Å². The summed E-state index contributed by atoms with van der Waals surface area (Å²) in [4.78, 5) is 10.4. The molecule has 0 aromatic heterocycles. The largest absolute Gasteiger partial charge is 0.385 e. The van der Waals surface area contributed by atoms with Crippen LogP contribution < -0.4 is 0 Å². The zero-order chi connectivity index (χ0) is 13.1. The molecule has 0 bridgehead atoms. The quantitative estimate of drug-likeness (QED) is 0.433. The topological polar surface area (TPSA) is 26.3 Å². The molecule has 2 nitrogen and oxygen atoms in total. The number of hydrogen-bond acceptors (Lipinski definition) is 2. The molecule has 1 rings (SSSR count). The number of hydrogen-bond donors (Lipinski definition) is 0. The summed E-state index contributed by atoms with van der Waals surface area (Å²) in [7, 11) is 1.73. The Morgan fingerprint density at radius 2 is 2.12 bits per heavy atom. The molecule has 17 heavy (non-hydrogen) atoms. The molecule has 0 atom stereocenters. The van der Waals surface area contributed by atoms with E-state index in [9.17, 15) is 4.79 Å².